The number of aryl methyl sites for hydroxylation is 1. The molecule has 0 bridgehead atoms. The van der Waals surface area contributed by atoms with Gasteiger partial charge in [-0.3, -0.25) is 14.9 Å². The topological polar surface area (TPSA) is 112 Å². The standard InChI is InChI=1S/C17H18N2O6/c1-4-24-17(21)13-7-12(8-14(9-13)19(22)23)16(20)18-11(3)15-6-5-10(2)25-15/h5-9,11H,4H2,1-3H3,(H,18,20). The van der Waals surface area contributed by atoms with Crippen LogP contribution in [0.5, 0.6) is 0 Å². The van der Waals surface area contributed by atoms with E-state index in [2.05, 4.69) is 5.32 Å². The van der Waals surface area contributed by atoms with Crippen molar-refractivity contribution in [2.24, 2.45) is 0 Å². The van der Waals surface area contributed by atoms with E-state index in [0.717, 1.165) is 12.1 Å². The summed E-state index contributed by atoms with van der Waals surface area (Å²) < 4.78 is 10.3. The maximum atomic E-state index is 12.4. The molecular formula is C17H18N2O6. The Morgan fingerprint density at radius 2 is 1.96 bits per heavy atom. The number of nitrogens with zero attached hydrogens (tertiary/aromatic N) is 1. The van der Waals surface area contributed by atoms with Crippen LogP contribution in [0, 0.1) is 17.0 Å². The van der Waals surface area contributed by atoms with Gasteiger partial charge in [-0.15, -0.1) is 0 Å². The van der Waals surface area contributed by atoms with E-state index in [1.54, 1.807) is 32.9 Å². The highest BCUT2D eigenvalue weighted by atomic mass is 16.6. The van der Waals surface area contributed by atoms with Crippen LogP contribution in [0.1, 0.15) is 52.1 Å². The van der Waals surface area contributed by atoms with Gasteiger partial charge < -0.3 is 14.5 Å². The van der Waals surface area contributed by atoms with Crippen LogP contribution in [0.15, 0.2) is 34.7 Å². The van der Waals surface area contributed by atoms with Crippen molar-refractivity contribution in [3.63, 3.8) is 0 Å². The molecule has 1 aromatic heterocycles. The van der Waals surface area contributed by atoms with Gasteiger partial charge in [0, 0.05) is 17.7 Å². The van der Waals surface area contributed by atoms with Crippen LogP contribution in [0.25, 0.3) is 0 Å². The molecule has 0 saturated heterocycles. The quantitative estimate of drug-likeness (QED) is 0.488. The summed E-state index contributed by atoms with van der Waals surface area (Å²) in [6, 6.07) is 6.51. The molecule has 0 aliphatic carbocycles. The van der Waals surface area contributed by atoms with Crippen molar-refractivity contribution < 1.29 is 23.7 Å². The molecule has 132 valence electrons. The van der Waals surface area contributed by atoms with E-state index in [0.29, 0.717) is 11.5 Å². The fraction of sp³-hybridized carbons (Fsp3) is 0.294. The van der Waals surface area contributed by atoms with E-state index < -0.39 is 22.8 Å². The maximum absolute atomic E-state index is 12.4. The molecule has 0 aliphatic heterocycles. The zero-order valence-electron chi connectivity index (χ0n) is 14.1. The number of furan rings is 1. The first-order valence-electron chi connectivity index (χ1n) is 7.65. The fourth-order valence-corrected chi connectivity index (χ4v) is 2.22. The summed E-state index contributed by atoms with van der Waals surface area (Å²) in [5.41, 5.74) is -0.424. The van der Waals surface area contributed by atoms with Gasteiger partial charge in [0.2, 0.25) is 0 Å². The van der Waals surface area contributed by atoms with Crippen molar-refractivity contribution in [1.82, 2.24) is 5.32 Å². The molecular weight excluding hydrogens is 328 g/mol. The minimum Gasteiger partial charge on any atom is -0.464 e. The summed E-state index contributed by atoms with van der Waals surface area (Å²) in [4.78, 5) is 34.7. The second kappa shape index (κ2) is 7.61. The molecule has 0 aliphatic rings. The third kappa shape index (κ3) is 4.43. The van der Waals surface area contributed by atoms with Crippen molar-refractivity contribution >= 4 is 17.6 Å². The van der Waals surface area contributed by atoms with Crippen LogP contribution < -0.4 is 5.32 Å². The lowest BCUT2D eigenvalue weighted by molar-refractivity contribution is -0.384. The zero-order chi connectivity index (χ0) is 18.6. The minimum absolute atomic E-state index is 0.00705. The lowest BCUT2D eigenvalue weighted by atomic mass is 10.1. The largest absolute Gasteiger partial charge is 0.464 e. The highest BCUT2D eigenvalue weighted by molar-refractivity contribution is 5.99. The molecule has 25 heavy (non-hydrogen) atoms. The first kappa shape index (κ1) is 18.2. The van der Waals surface area contributed by atoms with E-state index in [1.807, 2.05) is 0 Å². The fourth-order valence-electron chi connectivity index (χ4n) is 2.22. The molecule has 0 fully saturated rings. The molecule has 2 rings (SSSR count). The van der Waals surface area contributed by atoms with Gasteiger partial charge >= 0.3 is 5.97 Å². The minimum atomic E-state index is -0.727. The monoisotopic (exact) mass is 346 g/mol. The molecule has 1 atom stereocenters. The Hall–Kier alpha value is -3.16. The van der Waals surface area contributed by atoms with Gasteiger partial charge in [-0.2, -0.15) is 0 Å². The summed E-state index contributed by atoms with van der Waals surface area (Å²) in [6.07, 6.45) is 0. The number of esters is 1. The summed E-state index contributed by atoms with van der Waals surface area (Å²) in [7, 11) is 0. The van der Waals surface area contributed by atoms with Crippen LogP contribution in [0.3, 0.4) is 0 Å². The van der Waals surface area contributed by atoms with Crippen LogP contribution >= 0.6 is 0 Å². The molecule has 8 heteroatoms. The molecule has 1 heterocycles. The number of hydrogen-bond acceptors (Lipinski definition) is 6. The molecule has 2 aromatic rings. The van der Waals surface area contributed by atoms with E-state index in [1.165, 1.54) is 6.07 Å². The number of amides is 1. The van der Waals surface area contributed by atoms with Crippen LogP contribution in [-0.4, -0.2) is 23.4 Å². The van der Waals surface area contributed by atoms with E-state index in [-0.39, 0.29) is 23.4 Å². The van der Waals surface area contributed by atoms with E-state index >= 15 is 0 Å². The van der Waals surface area contributed by atoms with Crippen molar-refractivity contribution in [2.45, 2.75) is 26.8 Å². The number of hydrogen-bond donors (Lipinski definition) is 1. The zero-order valence-corrected chi connectivity index (χ0v) is 14.1. The van der Waals surface area contributed by atoms with Gasteiger partial charge in [-0.05, 0) is 39.0 Å². The van der Waals surface area contributed by atoms with Gasteiger partial charge in [-0.1, -0.05) is 0 Å². The molecule has 0 spiro atoms. The molecule has 1 unspecified atom stereocenters. The molecule has 1 aromatic carbocycles. The Bertz CT molecular complexity index is 811. The number of ether oxygens (including phenoxy) is 1. The smallest absolute Gasteiger partial charge is 0.338 e. The lowest BCUT2D eigenvalue weighted by Gasteiger charge is -2.12. The average Bonchev–Trinajstić information content (AvgIpc) is 3.01. The Labute approximate surface area is 143 Å². The Kier molecular flexibility index (Phi) is 5.53. The number of nitro benzene ring substituents is 1. The molecule has 1 N–H and O–H groups in total. The summed E-state index contributed by atoms with van der Waals surface area (Å²) >= 11 is 0. The van der Waals surface area contributed by atoms with Crippen LogP contribution in [0.2, 0.25) is 0 Å². The SMILES string of the molecule is CCOC(=O)c1cc(C(=O)NC(C)c2ccc(C)o2)cc([N+](=O)[O-])c1. The number of benzene rings is 1. The number of carbonyl (C=O) groups is 2. The van der Waals surface area contributed by atoms with Gasteiger partial charge in [0.1, 0.15) is 11.5 Å². The van der Waals surface area contributed by atoms with Gasteiger partial charge in [-0.25, -0.2) is 4.79 Å². The summed E-state index contributed by atoms with van der Waals surface area (Å²) in [6.45, 7) is 5.25. The number of non-ortho nitro benzene ring substituents is 1. The average molecular weight is 346 g/mol. The first-order valence-corrected chi connectivity index (χ1v) is 7.65. The maximum Gasteiger partial charge on any atom is 0.338 e. The lowest BCUT2D eigenvalue weighted by Crippen LogP contribution is -2.26. The van der Waals surface area contributed by atoms with Crippen LogP contribution in [-0.2, 0) is 4.74 Å². The van der Waals surface area contributed by atoms with Crippen LogP contribution in [0.4, 0.5) is 5.69 Å². The molecule has 0 saturated carbocycles. The van der Waals surface area contributed by atoms with E-state index in [4.69, 9.17) is 9.15 Å². The normalized spacial score (nSPS) is 11.6. The van der Waals surface area contributed by atoms with Crippen molar-refractivity contribution in [2.75, 3.05) is 6.61 Å². The number of carbonyl (C=O) groups excluding carboxylic acids is 2. The first-order chi connectivity index (χ1) is 11.8. The Morgan fingerprint density at radius 3 is 2.52 bits per heavy atom. The van der Waals surface area contributed by atoms with Gasteiger partial charge in [0.05, 0.1) is 23.1 Å². The second-order valence-corrected chi connectivity index (χ2v) is 5.39. The highest BCUT2D eigenvalue weighted by Crippen LogP contribution is 2.20. The predicted molar refractivity (Wildman–Crippen MR) is 88.4 cm³/mol. The molecule has 1 amide bonds. The van der Waals surface area contributed by atoms with Crippen molar-refractivity contribution in [1.29, 1.82) is 0 Å². The number of nitrogens with one attached hydrogen (secondary N) is 1. The van der Waals surface area contributed by atoms with Gasteiger partial charge in [0.25, 0.3) is 11.6 Å². The van der Waals surface area contributed by atoms with Crippen molar-refractivity contribution in [3.8, 4) is 0 Å². The molecule has 8 nitrogen and oxygen atoms in total. The summed E-state index contributed by atoms with van der Waals surface area (Å²) in [5, 5.41) is 13.7. The Morgan fingerprint density at radius 1 is 1.28 bits per heavy atom. The third-order valence-electron chi connectivity index (χ3n) is 3.44. The molecule has 0 radical (unpaired) electrons. The highest BCUT2D eigenvalue weighted by Gasteiger charge is 2.20. The van der Waals surface area contributed by atoms with Crippen molar-refractivity contribution in [3.05, 3.63) is 63.1 Å². The van der Waals surface area contributed by atoms with E-state index in [9.17, 15) is 19.7 Å². The second-order valence-electron chi connectivity index (χ2n) is 5.39. The van der Waals surface area contributed by atoms with Gasteiger partial charge in [0.15, 0.2) is 0 Å². The Balaban J connectivity index is 2.28. The number of rotatable bonds is 6. The summed E-state index contributed by atoms with van der Waals surface area (Å²) in [5.74, 6) is -0.0244. The third-order valence-corrected chi connectivity index (χ3v) is 3.44. The number of nitro groups is 1. The predicted octanol–water partition coefficient (Wildman–Crippen LogP) is 3.16.